The van der Waals surface area contributed by atoms with Crippen LogP contribution in [0.15, 0.2) is 48.7 Å². The molecule has 1 N–H and O–H groups in total. The minimum atomic E-state index is -0.487. The summed E-state index contributed by atoms with van der Waals surface area (Å²) in [4.78, 5) is 30.6. The summed E-state index contributed by atoms with van der Waals surface area (Å²) >= 11 is 0. The highest BCUT2D eigenvalue weighted by molar-refractivity contribution is 6.11. The summed E-state index contributed by atoms with van der Waals surface area (Å²) in [5.41, 5.74) is 1.98. The topological polar surface area (TPSA) is 97.6 Å². The smallest absolute Gasteiger partial charge is 0.270 e. The standard InChI is InChI=1S/C22H22N4O4/c1-30-17-12-15-6-5-9-23-21(15)19(14-17)24-22(27)18-13-16(26(28)29)7-8-20(18)25-10-3-2-4-11-25/h5-9,12-14H,2-4,10-11H2,1H3,(H,24,27). The van der Waals surface area contributed by atoms with Crippen LogP contribution in [-0.2, 0) is 0 Å². The van der Waals surface area contributed by atoms with E-state index in [0.29, 0.717) is 22.6 Å². The van der Waals surface area contributed by atoms with Crippen LogP contribution in [0, 0.1) is 10.1 Å². The summed E-state index contributed by atoms with van der Waals surface area (Å²) in [6, 6.07) is 11.7. The Morgan fingerprint density at radius 2 is 1.97 bits per heavy atom. The zero-order valence-corrected chi connectivity index (χ0v) is 16.6. The van der Waals surface area contributed by atoms with Crippen LogP contribution in [0.4, 0.5) is 17.1 Å². The van der Waals surface area contributed by atoms with Crippen LogP contribution in [0.1, 0.15) is 29.6 Å². The van der Waals surface area contributed by atoms with Crippen molar-refractivity contribution < 1.29 is 14.5 Å². The number of nitrogens with zero attached hydrogens (tertiary/aromatic N) is 3. The summed E-state index contributed by atoms with van der Waals surface area (Å²) in [6.45, 7) is 1.64. The van der Waals surface area contributed by atoms with Crippen molar-refractivity contribution >= 4 is 33.9 Å². The first-order chi connectivity index (χ1) is 14.6. The molecule has 2 heterocycles. The number of fused-ring (bicyclic) bond motifs is 1. The molecule has 4 rings (SSSR count). The third-order valence-corrected chi connectivity index (χ3v) is 5.29. The molecule has 1 aromatic heterocycles. The van der Waals surface area contributed by atoms with Crippen molar-refractivity contribution in [1.82, 2.24) is 4.98 Å². The van der Waals surface area contributed by atoms with Gasteiger partial charge in [0, 0.05) is 42.9 Å². The van der Waals surface area contributed by atoms with E-state index in [1.807, 2.05) is 18.2 Å². The molecule has 0 aliphatic carbocycles. The van der Waals surface area contributed by atoms with Crippen LogP contribution in [0.5, 0.6) is 5.75 Å². The van der Waals surface area contributed by atoms with Gasteiger partial charge in [-0.25, -0.2) is 0 Å². The number of hydrogen-bond donors (Lipinski definition) is 1. The molecule has 2 aromatic carbocycles. The number of nitro benzene ring substituents is 1. The fraction of sp³-hybridized carbons (Fsp3) is 0.273. The quantitative estimate of drug-likeness (QED) is 0.498. The van der Waals surface area contributed by atoms with Crippen LogP contribution >= 0.6 is 0 Å². The molecule has 0 radical (unpaired) electrons. The molecule has 1 amide bonds. The molecule has 1 aliphatic heterocycles. The Hall–Kier alpha value is -3.68. The fourth-order valence-corrected chi connectivity index (χ4v) is 3.80. The van der Waals surface area contributed by atoms with Crippen LogP contribution in [0.3, 0.4) is 0 Å². The van der Waals surface area contributed by atoms with E-state index in [9.17, 15) is 14.9 Å². The first kappa shape index (κ1) is 19.6. The number of anilines is 2. The molecule has 1 aliphatic rings. The molecule has 3 aromatic rings. The molecule has 1 saturated heterocycles. The Balaban J connectivity index is 1.75. The largest absolute Gasteiger partial charge is 0.497 e. The summed E-state index contributed by atoms with van der Waals surface area (Å²) in [7, 11) is 1.55. The van der Waals surface area contributed by atoms with Gasteiger partial charge in [-0.1, -0.05) is 6.07 Å². The molecule has 1 fully saturated rings. The summed E-state index contributed by atoms with van der Waals surface area (Å²) in [5, 5.41) is 15.0. The molecule has 154 valence electrons. The fourth-order valence-electron chi connectivity index (χ4n) is 3.80. The Morgan fingerprint density at radius 3 is 2.70 bits per heavy atom. The van der Waals surface area contributed by atoms with Crippen molar-refractivity contribution in [1.29, 1.82) is 0 Å². The normalized spacial score (nSPS) is 13.8. The zero-order chi connectivity index (χ0) is 21.1. The number of aromatic nitrogens is 1. The first-order valence-corrected chi connectivity index (χ1v) is 9.84. The lowest BCUT2D eigenvalue weighted by atomic mass is 10.1. The van der Waals surface area contributed by atoms with Gasteiger partial charge >= 0.3 is 0 Å². The van der Waals surface area contributed by atoms with Gasteiger partial charge in [0.25, 0.3) is 11.6 Å². The van der Waals surface area contributed by atoms with Crippen molar-refractivity contribution in [3.8, 4) is 5.75 Å². The molecule has 0 spiro atoms. The van der Waals surface area contributed by atoms with Gasteiger partial charge in [0.05, 0.1) is 34.5 Å². The maximum atomic E-state index is 13.3. The average Bonchev–Trinajstić information content (AvgIpc) is 2.79. The lowest BCUT2D eigenvalue weighted by Gasteiger charge is -2.30. The summed E-state index contributed by atoms with van der Waals surface area (Å²) in [5.74, 6) is 0.167. The maximum Gasteiger partial charge on any atom is 0.270 e. The van der Waals surface area contributed by atoms with E-state index in [4.69, 9.17) is 4.74 Å². The predicted octanol–water partition coefficient (Wildman–Crippen LogP) is 4.39. The second-order valence-corrected chi connectivity index (χ2v) is 7.21. The molecular formula is C22H22N4O4. The number of hydrogen-bond acceptors (Lipinski definition) is 6. The number of nitrogens with one attached hydrogen (secondary N) is 1. The summed E-state index contributed by atoms with van der Waals surface area (Å²) in [6.07, 6.45) is 4.86. The van der Waals surface area contributed by atoms with Gasteiger partial charge in [-0.15, -0.1) is 0 Å². The molecular weight excluding hydrogens is 384 g/mol. The van der Waals surface area contributed by atoms with Crippen molar-refractivity contribution in [2.24, 2.45) is 0 Å². The highest BCUT2D eigenvalue weighted by atomic mass is 16.6. The molecule has 0 atom stereocenters. The van der Waals surface area contributed by atoms with E-state index < -0.39 is 10.8 Å². The lowest BCUT2D eigenvalue weighted by molar-refractivity contribution is -0.384. The van der Waals surface area contributed by atoms with Gasteiger partial charge < -0.3 is 15.0 Å². The van der Waals surface area contributed by atoms with Crippen LogP contribution in [0.2, 0.25) is 0 Å². The predicted molar refractivity (Wildman–Crippen MR) is 115 cm³/mol. The Morgan fingerprint density at radius 1 is 1.17 bits per heavy atom. The lowest BCUT2D eigenvalue weighted by Crippen LogP contribution is -2.31. The Labute approximate surface area is 173 Å². The number of piperidine rings is 1. The van der Waals surface area contributed by atoms with Gasteiger partial charge in [-0.3, -0.25) is 19.9 Å². The van der Waals surface area contributed by atoms with E-state index in [2.05, 4.69) is 15.2 Å². The number of non-ortho nitro benzene ring substituents is 1. The van der Waals surface area contributed by atoms with Gasteiger partial charge in [0.2, 0.25) is 0 Å². The van der Waals surface area contributed by atoms with Crippen molar-refractivity contribution in [3.05, 3.63) is 64.3 Å². The molecule has 8 nitrogen and oxygen atoms in total. The van der Waals surface area contributed by atoms with Crippen molar-refractivity contribution in [2.45, 2.75) is 19.3 Å². The molecule has 30 heavy (non-hydrogen) atoms. The zero-order valence-electron chi connectivity index (χ0n) is 16.6. The van der Waals surface area contributed by atoms with E-state index in [1.54, 1.807) is 25.4 Å². The Kier molecular flexibility index (Phi) is 5.47. The van der Waals surface area contributed by atoms with E-state index in [-0.39, 0.29) is 11.3 Å². The minimum Gasteiger partial charge on any atom is -0.497 e. The highest BCUT2D eigenvalue weighted by Crippen LogP contribution is 2.31. The molecule has 0 bridgehead atoms. The number of carbonyl (C=O) groups excluding carboxylic acids is 1. The van der Waals surface area contributed by atoms with E-state index in [0.717, 1.165) is 37.7 Å². The Bertz CT molecular complexity index is 1110. The maximum absolute atomic E-state index is 13.3. The van der Waals surface area contributed by atoms with E-state index in [1.165, 1.54) is 12.1 Å². The first-order valence-electron chi connectivity index (χ1n) is 9.84. The molecule has 8 heteroatoms. The third-order valence-electron chi connectivity index (χ3n) is 5.29. The highest BCUT2D eigenvalue weighted by Gasteiger charge is 2.22. The number of methoxy groups -OCH3 is 1. The number of carbonyl (C=O) groups is 1. The third kappa shape index (κ3) is 3.89. The van der Waals surface area contributed by atoms with Gasteiger partial charge in [-0.05, 0) is 37.5 Å². The van der Waals surface area contributed by atoms with Gasteiger partial charge in [-0.2, -0.15) is 0 Å². The van der Waals surface area contributed by atoms with Crippen molar-refractivity contribution in [2.75, 3.05) is 30.4 Å². The van der Waals surface area contributed by atoms with Gasteiger partial charge in [0.1, 0.15) is 5.75 Å². The number of amides is 1. The van der Waals surface area contributed by atoms with Crippen LogP contribution in [-0.4, -0.2) is 36.0 Å². The minimum absolute atomic E-state index is 0.116. The van der Waals surface area contributed by atoms with Crippen LogP contribution in [0.25, 0.3) is 10.9 Å². The second kappa shape index (κ2) is 8.36. The van der Waals surface area contributed by atoms with Crippen LogP contribution < -0.4 is 15.0 Å². The monoisotopic (exact) mass is 406 g/mol. The molecule has 0 saturated carbocycles. The van der Waals surface area contributed by atoms with Gasteiger partial charge in [0.15, 0.2) is 0 Å². The molecule has 0 unspecified atom stereocenters. The second-order valence-electron chi connectivity index (χ2n) is 7.21. The number of pyridine rings is 1. The van der Waals surface area contributed by atoms with Crippen molar-refractivity contribution in [3.63, 3.8) is 0 Å². The number of ether oxygens (including phenoxy) is 1. The number of rotatable bonds is 5. The van der Waals surface area contributed by atoms with E-state index >= 15 is 0 Å². The summed E-state index contributed by atoms with van der Waals surface area (Å²) < 4.78 is 5.34. The number of nitro groups is 1. The average molecular weight is 406 g/mol. The SMILES string of the molecule is COc1cc(NC(=O)c2cc([N+](=O)[O-])ccc2N2CCCCC2)c2ncccc2c1. The number of benzene rings is 2.